The Hall–Kier alpha value is -2.47. The molecular weight excluding hydrogens is 320 g/mol. The summed E-state index contributed by atoms with van der Waals surface area (Å²) in [4.78, 5) is 25.3. The van der Waals surface area contributed by atoms with Gasteiger partial charge in [-0.25, -0.2) is 0 Å². The lowest BCUT2D eigenvalue weighted by molar-refractivity contribution is -0.114. The summed E-state index contributed by atoms with van der Waals surface area (Å²) in [5, 5.41) is 13.2. The van der Waals surface area contributed by atoms with Crippen molar-refractivity contribution in [2.75, 3.05) is 26.0 Å². The number of carbonyl (C=O) groups excluding carboxylic acids is 2. The highest BCUT2D eigenvalue weighted by Crippen LogP contribution is 2.38. The molecule has 0 spiro atoms. The molecule has 6 nitrogen and oxygen atoms in total. The van der Waals surface area contributed by atoms with E-state index in [2.05, 4.69) is 11.9 Å². The topological polar surface area (TPSA) is 78.9 Å². The number of rotatable bonds is 5. The first-order chi connectivity index (χ1) is 10.8. The fourth-order valence-electron chi connectivity index (χ4n) is 2.09. The van der Waals surface area contributed by atoms with Crippen molar-refractivity contribution in [3.63, 3.8) is 0 Å². The minimum absolute atomic E-state index is 0.0363. The van der Waals surface area contributed by atoms with Crippen molar-refractivity contribution in [3.8, 4) is 5.75 Å². The number of Topliss-reactive ketones (excluding diaryl/α,β-unsaturated/α-hetero) is 1. The number of aromatic hydroxyl groups is 1. The molecule has 0 unspecified atom stereocenters. The average Bonchev–Trinajstić information content (AvgIpc) is 2.52. The van der Waals surface area contributed by atoms with Gasteiger partial charge in [-0.2, -0.15) is 0 Å². The number of hydrogen-bond acceptors (Lipinski definition) is 5. The lowest BCUT2D eigenvalue weighted by atomic mass is 9.95. The van der Waals surface area contributed by atoms with Crippen LogP contribution in [0.25, 0.3) is 0 Å². The third-order valence-electron chi connectivity index (χ3n) is 3.30. The predicted octanol–water partition coefficient (Wildman–Crippen LogP) is 2.55. The van der Waals surface area contributed by atoms with Gasteiger partial charge in [0.05, 0.1) is 22.9 Å². The molecule has 1 aliphatic carbocycles. The van der Waals surface area contributed by atoms with Crippen molar-refractivity contribution in [3.05, 3.63) is 46.3 Å². The zero-order chi connectivity index (χ0) is 17.3. The highest BCUT2D eigenvalue weighted by atomic mass is 35.5. The standard InChI is InChI=1S/C16H17ClN2O4/c1-5-23-15-8(2)13(20)12(15)18-10-7-6-9(17)11(14(10)21)16(22)19(3)4/h6-7,18,21H,2,5H2,1,3-4H3. The Bertz CT molecular complexity index is 738. The lowest BCUT2D eigenvalue weighted by Crippen LogP contribution is -2.28. The second kappa shape index (κ2) is 6.34. The monoisotopic (exact) mass is 336 g/mol. The Morgan fingerprint density at radius 1 is 1.43 bits per heavy atom. The van der Waals surface area contributed by atoms with Crippen molar-refractivity contribution in [2.45, 2.75) is 6.92 Å². The Kier molecular flexibility index (Phi) is 4.65. The van der Waals surface area contributed by atoms with E-state index >= 15 is 0 Å². The van der Waals surface area contributed by atoms with Gasteiger partial charge >= 0.3 is 0 Å². The lowest BCUT2D eigenvalue weighted by Gasteiger charge is -2.26. The minimum Gasteiger partial charge on any atom is -0.505 e. The van der Waals surface area contributed by atoms with Gasteiger partial charge in [-0.05, 0) is 19.1 Å². The maximum absolute atomic E-state index is 12.1. The van der Waals surface area contributed by atoms with Crippen LogP contribution < -0.4 is 5.32 Å². The van der Waals surface area contributed by atoms with E-state index in [-0.39, 0.29) is 39.1 Å². The predicted molar refractivity (Wildman–Crippen MR) is 87.6 cm³/mol. The molecule has 0 aliphatic heterocycles. The smallest absolute Gasteiger partial charge is 0.258 e. The molecule has 0 atom stereocenters. The van der Waals surface area contributed by atoms with Crippen LogP contribution in [0.15, 0.2) is 35.7 Å². The van der Waals surface area contributed by atoms with Gasteiger partial charge in [0.15, 0.2) is 11.5 Å². The number of benzene rings is 1. The number of ether oxygens (including phenoxy) is 1. The van der Waals surface area contributed by atoms with Gasteiger partial charge in [-0.3, -0.25) is 9.59 Å². The van der Waals surface area contributed by atoms with Gasteiger partial charge in [0.25, 0.3) is 5.91 Å². The van der Waals surface area contributed by atoms with Gasteiger partial charge in [0.2, 0.25) is 5.78 Å². The molecule has 1 amide bonds. The van der Waals surface area contributed by atoms with Gasteiger partial charge in [0, 0.05) is 14.1 Å². The summed E-state index contributed by atoms with van der Waals surface area (Å²) in [7, 11) is 3.10. The molecule has 0 saturated carbocycles. The quantitative estimate of drug-likeness (QED) is 0.638. The number of phenolic OH excluding ortho intramolecular Hbond substituents is 1. The third kappa shape index (κ3) is 2.90. The summed E-state index contributed by atoms with van der Waals surface area (Å²) in [6.07, 6.45) is 0. The number of anilines is 1. The van der Waals surface area contributed by atoms with Gasteiger partial charge in [0.1, 0.15) is 11.3 Å². The van der Waals surface area contributed by atoms with E-state index in [4.69, 9.17) is 16.3 Å². The molecule has 0 radical (unpaired) electrons. The fourth-order valence-corrected chi connectivity index (χ4v) is 2.33. The number of halogens is 1. The molecule has 1 aliphatic rings. The van der Waals surface area contributed by atoms with Crippen molar-refractivity contribution >= 4 is 29.0 Å². The van der Waals surface area contributed by atoms with Crippen LogP contribution in [0, 0.1) is 0 Å². The van der Waals surface area contributed by atoms with E-state index in [1.54, 1.807) is 21.0 Å². The van der Waals surface area contributed by atoms with Crippen molar-refractivity contribution in [2.24, 2.45) is 0 Å². The van der Waals surface area contributed by atoms with Gasteiger partial charge in [-0.15, -0.1) is 0 Å². The first-order valence-corrected chi connectivity index (χ1v) is 7.28. The molecule has 0 heterocycles. The summed E-state index contributed by atoms with van der Waals surface area (Å²) in [5.74, 6) is -0.722. The van der Waals surface area contributed by atoms with Crippen LogP contribution in [0.4, 0.5) is 5.69 Å². The molecule has 2 rings (SSSR count). The van der Waals surface area contributed by atoms with Crippen LogP contribution in [0.5, 0.6) is 5.75 Å². The molecule has 1 aromatic carbocycles. The van der Waals surface area contributed by atoms with Crippen molar-refractivity contribution < 1.29 is 19.4 Å². The highest BCUT2D eigenvalue weighted by molar-refractivity contribution is 6.34. The molecule has 0 saturated heterocycles. The van der Waals surface area contributed by atoms with E-state index in [1.165, 1.54) is 17.0 Å². The van der Waals surface area contributed by atoms with Gasteiger partial charge < -0.3 is 20.1 Å². The summed E-state index contributed by atoms with van der Waals surface area (Å²) in [5.41, 5.74) is 0.614. The van der Waals surface area contributed by atoms with Crippen molar-refractivity contribution in [1.29, 1.82) is 0 Å². The summed E-state index contributed by atoms with van der Waals surface area (Å²) >= 11 is 6.00. The fraction of sp³-hybridized carbons (Fsp3) is 0.250. The number of carbonyl (C=O) groups is 2. The molecule has 1 aromatic rings. The highest BCUT2D eigenvalue weighted by Gasteiger charge is 2.34. The molecule has 2 N–H and O–H groups in total. The Labute approximate surface area is 139 Å². The van der Waals surface area contributed by atoms with Crippen LogP contribution in [-0.2, 0) is 9.53 Å². The third-order valence-corrected chi connectivity index (χ3v) is 3.61. The number of nitrogens with zero attached hydrogens (tertiary/aromatic N) is 1. The summed E-state index contributed by atoms with van der Waals surface area (Å²) < 4.78 is 5.34. The molecule has 122 valence electrons. The zero-order valence-electron chi connectivity index (χ0n) is 13.1. The maximum Gasteiger partial charge on any atom is 0.258 e. The SMILES string of the molecule is C=C1C(=O)C(Nc2ccc(Cl)c(C(=O)N(C)C)c2O)=C1OCC. The first-order valence-electron chi connectivity index (χ1n) is 6.90. The van der Waals surface area contributed by atoms with E-state index < -0.39 is 5.91 Å². The number of ketones is 1. The number of phenols is 1. The van der Waals surface area contributed by atoms with E-state index in [0.29, 0.717) is 12.4 Å². The van der Waals surface area contributed by atoms with E-state index in [0.717, 1.165) is 0 Å². The number of allylic oxidation sites excluding steroid dienone is 2. The summed E-state index contributed by atoms with van der Waals surface area (Å²) in [6.45, 7) is 5.79. The number of amides is 1. The van der Waals surface area contributed by atoms with Crippen LogP contribution in [0.3, 0.4) is 0 Å². The minimum atomic E-state index is -0.445. The maximum atomic E-state index is 12.1. The van der Waals surface area contributed by atoms with Crippen LogP contribution in [0.2, 0.25) is 5.02 Å². The van der Waals surface area contributed by atoms with E-state index in [9.17, 15) is 14.7 Å². The number of nitrogens with one attached hydrogen (secondary N) is 1. The largest absolute Gasteiger partial charge is 0.505 e. The number of hydrogen-bond donors (Lipinski definition) is 2. The molecular formula is C16H17ClN2O4. The molecule has 0 fully saturated rings. The first kappa shape index (κ1) is 16.9. The second-order valence-corrected chi connectivity index (χ2v) is 5.50. The van der Waals surface area contributed by atoms with E-state index in [1.807, 2.05) is 0 Å². The van der Waals surface area contributed by atoms with Crippen LogP contribution in [0.1, 0.15) is 17.3 Å². The molecule has 7 heteroatoms. The normalized spacial score (nSPS) is 13.7. The second-order valence-electron chi connectivity index (χ2n) is 5.09. The molecule has 23 heavy (non-hydrogen) atoms. The van der Waals surface area contributed by atoms with Crippen LogP contribution >= 0.6 is 11.6 Å². The Balaban J connectivity index is 2.43. The van der Waals surface area contributed by atoms with Crippen LogP contribution in [-0.4, -0.2) is 42.4 Å². The average molecular weight is 337 g/mol. The zero-order valence-corrected chi connectivity index (χ0v) is 13.8. The van der Waals surface area contributed by atoms with Crippen molar-refractivity contribution in [1.82, 2.24) is 4.90 Å². The Morgan fingerprint density at radius 3 is 2.65 bits per heavy atom. The summed E-state index contributed by atoms with van der Waals surface area (Å²) in [6, 6.07) is 2.95. The molecule has 0 aromatic heterocycles. The molecule has 0 bridgehead atoms. The van der Waals surface area contributed by atoms with Gasteiger partial charge in [-0.1, -0.05) is 18.2 Å². The Morgan fingerprint density at radius 2 is 2.09 bits per heavy atom.